The molecular formula is C13H11ClN4O2. The van der Waals surface area contributed by atoms with Crippen molar-refractivity contribution in [2.75, 3.05) is 7.05 Å². The Labute approximate surface area is 119 Å². The minimum atomic E-state index is -1.21. The highest BCUT2D eigenvalue weighted by atomic mass is 35.5. The Morgan fingerprint density at radius 2 is 2.30 bits per heavy atom. The summed E-state index contributed by atoms with van der Waals surface area (Å²) in [4.78, 5) is 22.6. The van der Waals surface area contributed by atoms with Crippen LogP contribution in [0.2, 0.25) is 5.02 Å². The van der Waals surface area contributed by atoms with Gasteiger partial charge in [0.2, 0.25) is 5.82 Å². The third-order valence-electron chi connectivity index (χ3n) is 2.59. The van der Waals surface area contributed by atoms with E-state index in [1.165, 1.54) is 6.20 Å². The predicted octanol–water partition coefficient (Wildman–Crippen LogP) is 1.93. The molecule has 0 aromatic carbocycles. The summed E-state index contributed by atoms with van der Waals surface area (Å²) in [5.41, 5.74) is 1.69. The summed E-state index contributed by atoms with van der Waals surface area (Å²) >= 11 is 6.03. The number of aromatic carboxylic acids is 1. The van der Waals surface area contributed by atoms with Crippen LogP contribution in [0.15, 0.2) is 36.1 Å². The van der Waals surface area contributed by atoms with Crippen molar-refractivity contribution in [3.63, 3.8) is 0 Å². The number of carboxylic acid groups (broad SMARTS) is 1. The van der Waals surface area contributed by atoms with E-state index in [2.05, 4.69) is 21.5 Å². The molecule has 2 aromatic heterocycles. The number of pyridine rings is 1. The first-order chi connectivity index (χ1) is 9.56. The zero-order chi connectivity index (χ0) is 14.7. The molecular weight excluding hydrogens is 280 g/mol. The Morgan fingerprint density at radius 1 is 1.55 bits per heavy atom. The van der Waals surface area contributed by atoms with E-state index in [1.54, 1.807) is 36.1 Å². The molecule has 2 aromatic rings. The van der Waals surface area contributed by atoms with Gasteiger partial charge in [0, 0.05) is 25.0 Å². The minimum absolute atomic E-state index is 0.270. The van der Waals surface area contributed by atoms with E-state index in [9.17, 15) is 4.79 Å². The topological polar surface area (TPSA) is 80.4 Å². The van der Waals surface area contributed by atoms with Crippen LogP contribution in [0.1, 0.15) is 10.6 Å². The van der Waals surface area contributed by atoms with Crippen molar-refractivity contribution in [2.24, 2.45) is 4.99 Å². The highest BCUT2D eigenvalue weighted by Gasteiger charge is 2.12. The molecule has 1 N–H and O–H groups in total. The van der Waals surface area contributed by atoms with Crippen LogP contribution < -0.4 is 5.49 Å². The van der Waals surface area contributed by atoms with Crippen molar-refractivity contribution in [3.05, 3.63) is 47.4 Å². The lowest BCUT2D eigenvalue weighted by Gasteiger charge is -2.07. The lowest BCUT2D eigenvalue weighted by Crippen LogP contribution is -2.15. The molecule has 0 fully saturated rings. The fourth-order valence-corrected chi connectivity index (χ4v) is 1.86. The van der Waals surface area contributed by atoms with Crippen molar-refractivity contribution < 1.29 is 9.90 Å². The van der Waals surface area contributed by atoms with E-state index in [1.807, 2.05) is 0 Å². The van der Waals surface area contributed by atoms with Crippen molar-refractivity contribution in [3.8, 4) is 11.3 Å². The fourth-order valence-electron chi connectivity index (χ4n) is 1.66. The number of hydrogen-bond acceptors (Lipinski definition) is 4. The molecule has 0 radical (unpaired) electrons. The summed E-state index contributed by atoms with van der Waals surface area (Å²) < 4.78 is 1.69. The second kappa shape index (κ2) is 5.66. The largest absolute Gasteiger partial charge is 0.475 e. The maximum Gasteiger partial charge on any atom is 0.373 e. The van der Waals surface area contributed by atoms with Gasteiger partial charge in [0.15, 0.2) is 0 Å². The van der Waals surface area contributed by atoms with Gasteiger partial charge in [0.25, 0.3) is 0 Å². The Hall–Kier alpha value is -2.47. The first-order valence-electron chi connectivity index (χ1n) is 5.60. The third-order valence-corrected chi connectivity index (χ3v) is 2.87. The van der Waals surface area contributed by atoms with Crippen molar-refractivity contribution in [2.45, 2.75) is 0 Å². The molecule has 0 spiro atoms. The zero-order valence-electron chi connectivity index (χ0n) is 10.6. The van der Waals surface area contributed by atoms with Gasteiger partial charge in [-0.1, -0.05) is 18.2 Å². The first-order valence-corrected chi connectivity index (χ1v) is 5.98. The lowest BCUT2D eigenvalue weighted by molar-refractivity contribution is 0.0683. The van der Waals surface area contributed by atoms with Crippen LogP contribution in [0.4, 0.5) is 0 Å². The van der Waals surface area contributed by atoms with Crippen molar-refractivity contribution in [1.82, 2.24) is 14.5 Å². The summed E-state index contributed by atoms with van der Waals surface area (Å²) in [5.74, 6) is -1.52. The van der Waals surface area contributed by atoms with Crippen LogP contribution in [0, 0.1) is 0 Å². The quantitative estimate of drug-likeness (QED) is 0.936. The van der Waals surface area contributed by atoms with Gasteiger partial charge in [-0.3, -0.25) is 4.99 Å². The number of hydrogen-bond donors (Lipinski definition) is 1. The third kappa shape index (κ3) is 2.60. The molecule has 0 saturated heterocycles. The molecule has 0 aliphatic heterocycles. The molecule has 0 saturated carbocycles. The van der Waals surface area contributed by atoms with Gasteiger partial charge in [-0.05, 0) is 12.1 Å². The number of rotatable bonds is 3. The van der Waals surface area contributed by atoms with Crippen LogP contribution in [-0.2, 0) is 0 Å². The Bertz CT molecular complexity index is 752. The van der Waals surface area contributed by atoms with Gasteiger partial charge in [-0.2, -0.15) is 0 Å². The number of carbonyl (C=O) groups is 1. The van der Waals surface area contributed by atoms with E-state index >= 15 is 0 Å². The van der Waals surface area contributed by atoms with Crippen LogP contribution in [0.5, 0.6) is 0 Å². The van der Waals surface area contributed by atoms with Crippen LogP contribution in [-0.4, -0.2) is 32.7 Å². The molecule has 0 aliphatic rings. The van der Waals surface area contributed by atoms with Crippen molar-refractivity contribution in [1.29, 1.82) is 0 Å². The first kappa shape index (κ1) is 14.0. The summed E-state index contributed by atoms with van der Waals surface area (Å²) in [5, 5.41) is 9.20. The average molecular weight is 291 g/mol. The fraction of sp³-hybridized carbons (Fsp3) is 0.0769. The Morgan fingerprint density at radius 3 is 2.90 bits per heavy atom. The molecule has 20 heavy (non-hydrogen) atoms. The Kier molecular flexibility index (Phi) is 3.95. The smallest absolute Gasteiger partial charge is 0.373 e. The minimum Gasteiger partial charge on any atom is -0.475 e. The lowest BCUT2D eigenvalue weighted by atomic mass is 10.2. The summed E-state index contributed by atoms with van der Waals surface area (Å²) in [6.07, 6.45) is 4.57. The maximum atomic E-state index is 10.9. The van der Waals surface area contributed by atoms with Gasteiger partial charge in [-0.15, -0.1) is 0 Å². The van der Waals surface area contributed by atoms with Gasteiger partial charge in [0.05, 0.1) is 16.9 Å². The number of halogens is 1. The van der Waals surface area contributed by atoms with Crippen LogP contribution in [0.3, 0.4) is 0 Å². The number of aromatic nitrogens is 3. The van der Waals surface area contributed by atoms with Crippen molar-refractivity contribution >= 4 is 23.8 Å². The SMILES string of the molecule is C=Cn1cc(-c2nc(C(=O)O)ncc2Cl)ccc1=NC. The van der Waals surface area contributed by atoms with Crippen LogP contribution in [0.25, 0.3) is 17.5 Å². The summed E-state index contributed by atoms with van der Waals surface area (Å²) in [6, 6.07) is 3.51. The second-order valence-electron chi connectivity index (χ2n) is 3.78. The van der Waals surface area contributed by atoms with Gasteiger partial charge >= 0.3 is 5.97 Å². The maximum absolute atomic E-state index is 10.9. The molecule has 0 aliphatic carbocycles. The van der Waals surface area contributed by atoms with Gasteiger partial charge in [0.1, 0.15) is 5.49 Å². The molecule has 6 nitrogen and oxygen atoms in total. The predicted molar refractivity (Wildman–Crippen MR) is 75.3 cm³/mol. The van der Waals surface area contributed by atoms with E-state index in [0.717, 1.165) is 0 Å². The zero-order valence-corrected chi connectivity index (χ0v) is 11.4. The molecule has 2 heterocycles. The molecule has 102 valence electrons. The van der Waals surface area contributed by atoms with E-state index in [4.69, 9.17) is 16.7 Å². The standard InChI is InChI=1S/C13H11ClN4O2/c1-3-18-7-8(4-5-10(18)15-2)11-9(14)6-16-12(17-11)13(19)20/h3-7H,1H2,2H3,(H,19,20). The highest BCUT2D eigenvalue weighted by molar-refractivity contribution is 6.32. The number of nitrogens with zero attached hydrogens (tertiary/aromatic N) is 4. The normalized spacial score (nSPS) is 11.4. The monoisotopic (exact) mass is 290 g/mol. The van der Waals surface area contributed by atoms with Gasteiger partial charge in [-0.25, -0.2) is 14.8 Å². The molecule has 0 unspecified atom stereocenters. The Balaban J connectivity index is 2.65. The van der Waals surface area contributed by atoms with Crippen LogP contribution >= 0.6 is 11.6 Å². The molecule has 7 heteroatoms. The molecule has 0 bridgehead atoms. The van der Waals surface area contributed by atoms with Gasteiger partial charge < -0.3 is 9.67 Å². The summed E-state index contributed by atoms with van der Waals surface area (Å²) in [7, 11) is 1.66. The average Bonchev–Trinajstić information content (AvgIpc) is 2.46. The number of carboxylic acids is 1. The van der Waals surface area contributed by atoms with E-state index < -0.39 is 5.97 Å². The molecule has 0 amide bonds. The van der Waals surface area contributed by atoms with E-state index in [-0.39, 0.29) is 10.8 Å². The highest BCUT2D eigenvalue weighted by Crippen LogP contribution is 2.24. The van der Waals surface area contributed by atoms with E-state index in [0.29, 0.717) is 16.7 Å². The second-order valence-corrected chi connectivity index (χ2v) is 4.19. The molecule has 2 rings (SSSR count). The summed E-state index contributed by atoms with van der Waals surface area (Å²) in [6.45, 7) is 3.69. The molecule has 0 atom stereocenters.